The van der Waals surface area contributed by atoms with Crippen molar-refractivity contribution in [3.8, 4) is 0 Å². The number of hydrogen-bond donors (Lipinski definition) is 4. The van der Waals surface area contributed by atoms with E-state index in [2.05, 4.69) is 0 Å². The van der Waals surface area contributed by atoms with Gasteiger partial charge in [-0.25, -0.2) is 0 Å². The zero-order valence-electron chi connectivity index (χ0n) is 14.9. The third kappa shape index (κ3) is 5.42. The Labute approximate surface area is 133 Å². The van der Waals surface area contributed by atoms with Crippen LogP contribution in [0.25, 0.3) is 0 Å². The minimum absolute atomic E-state index is 0.356. The van der Waals surface area contributed by atoms with Crippen LogP contribution in [-0.4, -0.2) is 78.2 Å². The van der Waals surface area contributed by atoms with E-state index < -0.39 is 35.7 Å². The predicted molar refractivity (Wildman–Crippen MR) is 84.7 cm³/mol. The Bertz CT molecular complexity index is 368. The molecule has 0 radical (unpaired) electrons. The van der Waals surface area contributed by atoms with Crippen LogP contribution in [0.4, 0.5) is 0 Å². The highest BCUT2D eigenvalue weighted by Gasteiger charge is 2.52. The maximum Gasteiger partial charge on any atom is 0.188 e. The summed E-state index contributed by atoms with van der Waals surface area (Å²) >= 11 is 0. The Morgan fingerprint density at radius 1 is 1.05 bits per heavy atom. The van der Waals surface area contributed by atoms with E-state index in [1.807, 2.05) is 35.0 Å². The van der Waals surface area contributed by atoms with E-state index in [1.165, 1.54) is 0 Å². The first-order chi connectivity index (χ1) is 9.62. The van der Waals surface area contributed by atoms with Gasteiger partial charge in [0.1, 0.15) is 24.5 Å². The minimum atomic E-state index is -1.20. The van der Waals surface area contributed by atoms with E-state index in [4.69, 9.17) is 20.9 Å². The molecule has 0 aliphatic carbocycles. The van der Waals surface area contributed by atoms with Crippen molar-refractivity contribution in [1.29, 1.82) is 0 Å². The lowest BCUT2D eigenvalue weighted by molar-refractivity contribution is -0.875. The predicted octanol–water partition coefficient (Wildman–Crippen LogP) is -0.796. The second-order valence-electron chi connectivity index (χ2n) is 8.57. The van der Waals surface area contributed by atoms with Gasteiger partial charge >= 0.3 is 0 Å². The number of aliphatic hydroxyl groups is 2. The van der Waals surface area contributed by atoms with Crippen molar-refractivity contribution in [2.75, 3.05) is 27.7 Å². The van der Waals surface area contributed by atoms with Gasteiger partial charge in [-0.05, 0) is 27.7 Å². The summed E-state index contributed by atoms with van der Waals surface area (Å²) in [5.74, 6) is -0.416. The standard InChI is InChI=1S/C15H34N3O4/c1-14(2,16)10-9(8-18(5,6)7)21-13(12(20)11(10)19)22-15(3,4)17/h9-13,19-20H,8,16-17H2,1-7H3/q+1. The first-order valence-electron chi connectivity index (χ1n) is 7.69. The number of hydrogen-bond acceptors (Lipinski definition) is 6. The summed E-state index contributed by atoms with van der Waals surface area (Å²) in [6.07, 6.45) is -3.58. The van der Waals surface area contributed by atoms with E-state index in [9.17, 15) is 10.2 Å². The van der Waals surface area contributed by atoms with Gasteiger partial charge in [0.25, 0.3) is 0 Å². The fourth-order valence-electron chi connectivity index (χ4n) is 2.94. The van der Waals surface area contributed by atoms with Gasteiger partial charge in [-0.2, -0.15) is 0 Å². The maximum absolute atomic E-state index is 10.6. The fraction of sp³-hybridized carbons (Fsp3) is 1.00. The fourth-order valence-corrected chi connectivity index (χ4v) is 2.94. The molecule has 7 nitrogen and oxygen atoms in total. The SMILES string of the molecule is CC(C)(N)OC1OC(C[N+](C)(C)C)C(C(C)(C)N)C(O)C1O. The number of nitrogens with zero attached hydrogens (tertiary/aromatic N) is 1. The van der Waals surface area contributed by atoms with Gasteiger partial charge in [-0.15, -0.1) is 0 Å². The molecule has 5 atom stereocenters. The maximum atomic E-state index is 10.6. The summed E-state index contributed by atoms with van der Waals surface area (Å²) in [6.45, 7) is 7.62. The Hall–Kier alpha value is -0.280. The third-order valence-corrected chi connectivity index (χ3v) is 3.71. The number of likely N-dealkylation sites (N-methyl/N-ethyl adjacent to an activating group) is 1. The van der Waals surface area contributed by atoms with Gasteiger partial charge in [-0.3, -0.25) is 0 Å². The molecule has 5 unspecified atom stereocenters. The molecule has 0 aromatic carbocycles. The topological polar surface area (TPSA) is 111 Å². The molecule has 1 aliphatic rings. The highest BCUT2D eigenvalue weighted by Crippen LogP contribution is 2.34. The van der Waals surface area contributed by atoms with Crippen molar-refractivity contribution < 1.29 is 24.2 Å². The molecule has 6 N–H and O–H groups in total. The van der Waals surface area contributed by atoms with Gasteiger partial charge in [0.05, 0.1) is 27.2 Å². The lowest BCUT2D eigenvalue weighted by atomic mass is 9.76. The Morgan fingerprint density at radius 2 is 1.55 bits per heavy atom. The third-order valence-electron chi connectivity index (χ3n) is 3.71. The van der Waals surface area contributed by atoms with E-state index in [0.29, 0.717) is 11.0 Å². The number of rotatable bonds is 5. The molecule has 1 heterocycles. The lowest BCUT2D eigenvalue weighted by Gasteiger charge is -2.49. The van der Waals surface area contributed by atoms with Crippen LogP contribution in [0.3, 0.4) is 0 Å². The van der Waals surface area contributed by atoms with Crippen molar-refractivity contribution in [2.45, 2.75) is 63.6 Å². The molecule has 132 valence electrons. The number of nitrogens with two attached hydrogens (primary N) is 2. The van der Waals surface area contributed by atoms with E-state index in [0.717, 1.165) is 0 Å². The van der Waals surface area contributed by atoms with Crippen LogP contribution in [0, 0.1) is 5.92 Å². The van der Waals surface area contributed by atoms with E-state index in [1.54, 1.807) is 13.8 Å². The molecule has 0 amide bonds. The van der Waals surface area contributed by atoms with Gasteiger partial charge in [-0.1, -0.05) is 0 Å². The Balaban J connectivity index is 3.06. The van der Waals surface area contributed by atoms with Crippen LogP contribution in [0.15, 0.2) is 0 Å². The van der Waals surface area contributed by atoms with Crippen LogP contribution in [0.5, 0.6) is 0 Å². The van der Waals surface area contributed by atoms with Crippen LogP contribution in [0.2, 0.25) is 0 Å². The summed E-state index contributed by atoms with van der Waals surface area (Å²) in [4.78, 5) is 0. The molecule has 0 saturated carbocycles. The first-order valence-corrected chi connectivity index (χ1v) is 7.69. The van der Waals surface area contributed by atoms with Crippen LogP contribution in [0.1, 0.15) is 27.7 Å². The van der Waals surface area contributed by atoms with Crippen molar-refractivity contribution in [1.82, 2.24) is 0 Å². The second-order valence-corrected chi connectivity index (χ2v) is 8.57. The molecule has 0 spiro atoms. The first kappa shape index (κ1) is 19.8. The normalized spacial score (nSPS) is 34.8. The Morgan fingerprint density at radius 3 is 1.91 bits per heavy atom. The summed E-state index contributed by atoms with van der Waals surface area (Å²) < 4.78 is 12.2. The second kappa shape index (κ2) is 6.32. The van der Waals surface area contributed by atoms with Crippen molar-refractivity contribution in [3.05, 3.63) is 0 Å². The minimum Gasteiger partial charge on any atom is -0.390 e. The van der Waals surface area contributed by atoms with Crippen molar-refractivity contribution in [2.24, 2.45) is 17.4 Å². The molecule has 0 aromatic rings. The largest absolute Gasteiger partial charge is 0.390 e. The molecule has 22 heavy (non-hydrogen) atoms. The highest BCUT2D eigenvalue weighted by atomic mass is 16.7. The molecule has 1 aliphatic heterocycles. The smallest absolute Gasteiger partial charge is 0.188 e. The molecular weight excluding hydrogens is 286 g/mol. The zero-order valence-corrected chi connectivity index (χ0v) is 14.9. The number of aliphatic hydroxyl groups excluding tert-OH is 2. The van der Waals surface area contributed by atoms with Crippen LogP contribution >= 0.6 is 0 Å². The van der Waals surface area contributed by atoms with Gasteiger partial charge in [0.2, 0.25) is 0 Å². The number of quaternary nitrogens is 1. The summed E-state index contributed by atoms with van der Waals surface area (Å²) in [6, 6.07) is 0. The van der Waals surface area contributed by atoms with E-state index >= 15 is 0 Å². The molecule has 1 rings (SSSR count). The lowest BCUT2D eigenvalue weighted by Crippen LogP contribution is -2.67. The molecule has 0 aromatic heterocycles. The highest BCUT2D eigenvalue weighted by molar-refractivity contribution is 4.99. The molecule has 1 fully saturated rings. The number of ether oxygens (including phenoxy) is 2. The van der Waals surface area contributed by atoms with Gasteiger partial charge < -0.3 is 35.6 Å². The Kier molecular flexibility index (Phi) is 5.67. The van der Waals surface area contributed by atoms with E-state index in [-0.39, 0.29) is 6.10 Å². The monoisotopic (exact) mass is 320 g/mol. The summed E-state index contributed by atoms with van der Waals surface area (Å²) in [5, 5.41) is 20.9. The molecule has 7 heteroatoms. The summed E-state index contributed by atoms with van der Waals surface area (Å²) in [5.41, 5.74) is 10.4. The molecule has 0 bridgehead atoms. The van der Waals surface area contributed by atoms with Gasteiger partial charge in [0.15, 0.2) is 6.29 Å². The quantitative estimate of drug-likeness (QED) is 0.390. The zero-order chi connectivity index (χ0) is 17.5. The van der Waals surface area contributed by atoms with Crippen LogP contribution in [-0.2, 0) is 9.47 Å². The molecular formula is C15H34N3O4+. The van der Waals surface area contributed by atoms with Crippen molar-refractivity contribution in [3.63, 3.8) is 0 Å². The molecule has 1 saturated heterocycles. The van der Waals surface area contributed by atoms with Gasteiger partial charge in [0, 0.05) is 11.5 Å². The average Bonchev–Trinajstić information content (AvgIpc) is 2.18. The summed E-state index contributed by atoms with van der Waals surface area (Å²) in [7, 11) is 6.10. The van der Waals surface area contributed by atoms with Crippen molar-refractivity contribution >= 4 is 0 Å². The van der Waals surface area contributed by atoms with Crippen LogP contribution < -0.4 is 11.5 Å². The average molecular weight is 320 g/mol.